The Morgan fingerprint density at radius 2 is 1.85 bits per heavy atom. The molecule has 7 heteroatoms. The summed E-state index contributed by atoms with van der Waals surface area (Å²) < 4.78 is 10.8. The van der Waals surface area contributed by atoms with E-state index in [0.717, 1.165) is 17.3 Å². The summed E-state index contributed by atoms with van der Waals surface area (Å²) in [5.74, 6) is -0.511. The third-order valence-electron chi connectivity index (χ3n) is 3.64. The van der Waals surface area contributed by atoms with Crippen LogP contribution in [0, 0.1) is 6.92 Å². The standard InChI is InChI=1S/C19H15NO5S/c1-11-6-8-12(9-7-11)18(22)25-16-13(4-3-5-14(16)24-2)10-15-17(21)20-19(23)26-15/h3-10H,1-2H3,(H,20,21,23)/b15-10-. The number of ether oxygens (including phenoxy) is 2. The van der Waals surface area contributed by atoms with E-state index in [1.165, 1.54) is 13.2 Å². The van der Waals surface area contributed by atoms with Crippen LogP contribution in [0.5, 0.6) is 11.5 Å². The number of imide groups is 1. The number of carbonyl (C=O) groups excluding carboxylic acids is 3. The predicted molar refractivity (Wildman–Crippen MR) is 98.2 cm³/mol. The number of benzene rings is 2. The highest BCUT2D eigenvalue weighted by molar-refractivity contribution is 8.18. The number of para-hydroxylation sites is 1. The quantitative estimate of drug-likeness (QED) is 0.504. The molecule has 0 atom stereocenters. The summed E-state index contributed by atoms with van der Waals surface area (Å²) in [6.45, 7) is 1.92. The summed E-state index contributed by atoms with van der Waals surface area (Å²) in [6.07, 6.45) is 1.49. The van der Waals surface area contributed by atoms with E-state index in [4.69, 9.17) is 9.47 Å². The molecule has 1 N–H and O–H groups in total. The predicted octanol–water partition coefficient (Wildman–Crippen LogP) is 3.55. The van der Waals surface area contributed by atoms with Crippen LogP contribution in [0.1, 0.15) is 21.5 Å². The summed E-state index contributed by atoms with van der Waals surface area (Å²) >= 11 is 0.788. The molecule has 0 spiro atoms. The second kappa shape index (κ2) is 7.45. The van der Waals surface area contributed by atoms with Gasteiger partial charge in [0.1, 0.15) is 0 Å². The molecule has 0 bridgehead atoms. The molecule has 1 heterocycles. The molecule has 1 aliphatic rings. The van der Waals surface area contributed by atoms with E-state index in [-0.39, 0.29) is 10.7 Å². The van der Waals surface area contributed by atoms with Crippen LogP contribution in [0.15, 0.2) is 47.4 Å². The first kappa shape index (κ1) is 17.8. The van der Waals surface area contributed by atoms with Crippen LogP contribution in [0.4, 0.5) is 4.79 Å². The van der Waals surface area contributed by atoms with E-state index in [0.29, 0.717) is 16.9 Å². The van der Waals surface area contributed by atoms with Crippen LogP contribution < -0.4 is 14.8 Å². The van der Waals surface area contributed by atoms with Crippen molar-refractivity contribution in [2.24, 2.45) is 0 Å². The number of methoxy groups -OCH3 is 1. The van der Waals surface area contributed by atoms with Gasteiger partial charge >= 0.3 is 5.97 Å². The van der Waals surface area contributed by atoms with Gasteiger partial charge in [-0.25, -0.2) is 4.79 Å². The molecule has 2 aromatic carbocycles. The fraction of sp³-hybridized carbons (Fsp3) is 0.105. The largest absolute Gasteiger partial charge is 0.493 e. The Kier molecular flexibility index (Phi) is 5.09. The number of aryl methyl sites for hydroxylation is 1. The number of esters is 1. The van der Waals surface area contributed by atoms with Crippen molar-refractivity contribution in [1.29, 1.82) is 0 Å². The van der Waals surface area contributed by atoms with Crippen LogP contribution in [-0.4, -0.2) is 24.2 Å². The van der Waals surface area contributed by atoms with E-state index in [1.54, 1.807) is 30.3 Å². The monoisotopic (exact) mass is 369 g/mol. The molecule has 0 saturated carbocycles. The van der Waals surface area contributed by atoms with Crippen molar-refractivity contribution < 1.29 is 23.9 Å². The van der Waals surface area contributed by atoms with Gasteiger partial charge in [0.05, 0.1) is 17.6 Å². The maximum absolute atomic E-state index is 12.5. The normalized spacial score (nSPS) is 15.1. The molecule has 3 rings (SSSR count). The number of hydrogen-bond donors (Lipinski definition) is 1. The Morgan fingerprint density at radius 1 is 1.12 bits per heavy atom. The molecule has 26 heavy (non-hydrogen) atoms. The number of nitrogens with one attached hydrogen (secondary N) is 1. The van der Waals surface area contributed by atoms with Crippen molar-refractivity contribution in [3.05, 3.63) is 64.1 Å². The van der Waals surface area contributed by atoms with Crippen LogP contribution >= 0.6 is 11.8 Å². The summed E-state index contributed by atoms with van der Waals surface area (Å²) in [5, 5.41) is 1.74. The maximum Gasteiger partial charge on any atom is 0.343 e. The van der Waals surface area contributed by atoms with Gasteiger partial charge < -0.3 is 9.47 Å². The molecular formula is C19H15NO5S. The molecule has 0 aliphatic carbocycles. The third kappa shape index (κ3) is 3.78. The molecule has 0 aromatic heterocycles. The highest BCUT2D eigenvalue weighted by Crippen LogP contribution is 2.35. The lowest BCUT2D eigenvalue weighted by atomic mass is 10.1. The van der Waals surface area contributed by atoms with Gasteiger partial charge in [-0.1, -0.05) is 29.8 Å². The average molecular weight is 369 g/mol. The van der Waals surface area contributed by atoms with Crippen molar-refractivity contribution in [3.63, 3.8) is 0 Å². The van der Waals surface area contributed by atoms with Gasteiger partial charge in [0.25, 0.3) is 11.1 Å². The second-order valence-electron chi connectivity index (χ2n) is 5.49. The van der Waals surface area contributed by atoms with Crippen molar-refractivity contribution in [1.82, 2.24) is 5.32 Å². The highest BCUT2D eigenvalue weighted by Gasteiger charge is 2.26. The molecule has 132 valence electrons. The molecular weight excluding hydrogens is 354 g/mol. The minimum Gasteiger partial charge on any atom is -0.493 e. The summed E-state index contributed by atoms with van der Waals surface area (Å²) in [7, 11) is 1.45. The number of hydrogen-bond acceptors (Lipinski definition) is 6. The lowest BCUT2D eigenvalue weighted by molar-refractivity contribution is -0.115. The molecule has 2 amide bonds. The zero-order valence-corrected chi connectivity index (χ0v) is 14.9. The summed E-state index contributed by atoms with van der Waals surface area (Å²) in [6, 6.07) is 12.0. The number of amides is 2. The molecule has 0 unspecified atom stereocenters. The Balaban J connectivity index is 1.96. The van der Waals surface area contributed by atoms with Crippen molar-refractivity contribution in [2.75, 3.05) is 7.11 Å². The van der Waals surface area contributed by atoms with Gasteiger partial charge in [0.2, 0.25) is 0 Å². The topological polar surface area (TPSA) is 81.7 Å². The fourth-order valence-electron chi connectivity index (χ4n) is 2.32. The van der Waals surface area contributed by atoms with Crippen molar-refractivity contribution in [3.8, 4) is 11.5 Å². The number of thioether (sulfide) groups is 1. The van der Waals surface area contributed by atoms with Gasteiger partial charge in [0, 0.05) is 5.56 Å². The van der Waals surface area contributed by atoms with Gasteiger partial charge in [0.15, 0.2) is 11.5 Å². The van der Waals surface area contributed by atoms with E-state index in [1.807, 2.05) is 19.1 Å². The summed E-state index contributed by atoms with van der Waals surface area (Å²) in [5.41, 5.74) is 1.87. The Bertz CT molecular complexity index is 918. The third-order valence-corrected chi connectivity index (χ3v) is 4.45. The molecule has 1 aliphatic heterocycles. The number of carbonyl (C=O) groups is 3. The van der Waals surface area contributed by atoms with E-state index < -0.39 is 17.1 Å². The van der Waals surface area contributed by atoms with Crippen molar-refractivity contribution >= 4 is 35.0 Å². The SMILES string of the molecule is COc1cccc(/C=C2\SC(=O)NC2=O)c1OC(=O)c1ccc(C)cc1. The minimum atomic E-state index is -0.547. The van der Waals surface area contributed by atoms with Crippen LogP contribution in [0.25, 0.3) is 6.08 Å². The zero-order chi connectivity index (χ0) is 18.7. The first-order valence-electron chi connectivity index (χ1n) is 7.68. The average Bonchev–Trinajstić information content (AvgIpc) is 2.94. The van der Waals surface area contributed by atoms with Gasteiger partial charge in [-0.3, -0.25) is 14.9 Å². The first-order valence-corrected chi connectivity index (χ1v) is 8.50. The first-order chi connectivity index (χ1) is 12.5. The second-order valence-corrected chi connectivity index (χ2v) is 6.50. The van der Waals surface area contributed by atoms with Crippen LogP contribution in [0.2, 0.25) is 0 Å². The molecule has 2 aromatic rings. The number of rotatable bonds is 4. The van der Waals surface area contributed by atoms with E-state index in [2.05, 4.69) is 5.32 Å². The summed E-state index contributed by atoms with van der Waals surface area (Å²) in [4.78, 5) is 35.8. The molecule has 1 saturated heterocycles. The van der Waals surface area contributed by atoms with Gasteiger partial charge in [-0.2, -0.15) is 0 Å². The Hall–Kier alpha value is -3.06. The minimum absolute atomic E-state index is 0.181. The molecule has 6 nitrogen and oxygen atoms in total. The highest BCUT2D eigenvalue weighted by atomic mass is 32.2. The van der Waals surface area contributed by atoms with Gasteiger partial charge in [-0.05, 0) is 43.0 Å². The lowest BCUT2D eigenvalue weighted by Gasteiger charge is -2.12. The van der Waals surface area contributed by atoms with Crippen LogP contribution in [0.3, 0.4) is 0 Å². The van der Waals surface area contributed by atoms with Crippen molar-refractivity contribution in [2.45, 2.75) is 6.92 Å². The van der Waals surface area contributed by atoms with E-state index in [9.17, 15) is 14.4 Å². The van der Waals surface area contributed by atoms with Gasteiger partial charge in [-0.15, -0.1) is 0 Å². The Labute approximate surface area is 154 Å². The smallest absolute Gasteiger partial charge is 0.343 e. The zero-order valence-electron chi connectivity index (χ0n) is 14.1. The fourth-order valence-corrected chi connectivity index (χ4v) is 2.99. The Morgan fingerprint density at radius 3 is 2.46 bits per heavy atom. The van der Waals surface area contributed by atoms with E-state index >= 15 is 0 Å². The maximum atomic E-state index is 12.5. The molecule has 0 radical (unpaired) electrons. The molecule has 1 fully saturated rings. The lowest BCUT2D eigenvalue weighted by Crippen LogP contribution is -2.17. The van der Waals surface area contributed by atoms with Crippen LogP contribution in [-0.2, 0) is 4.79 Å².